The monoisotopic (exact) mass is 402 g/mol. The maximum Gasteiger partial charge on any atom is 0.121 e. The SMILES string of the molecule is COc1ccc2c(c1)CCC1(CCOCC1)C2(O)c1ccc(Br)cc1. The van der Waals surface area contributed by atoms with Gasteiger partial charge in [-0.25, -0.2) is 0 Å². The number of aliphatic hydroxyl groups is 1. The van der Waals surface area contributed by atoms with Crippen molar-refractivity contribution in [1.29, 1.82) is 0 Å². The van der Waals surface area contributed by atoms with Crippen molar-refractivity contribution >= 4 is 15.9 Å². The fraction of sp³-hybridized carbons (Fsp3) is 0.429. The Bertz CT molecular complexity index is 765. The third kappa shape index (κ3) is 2.62. The first-order valence-corrected chi connectivity index (χ1v) is 9.62. The van der Waals surface area contributed by atoms with Crippen LogP contribution in [-0.4, -0.2) is 25.4 Å². The van der Waals surface area contributed by atoms with Crippen LogP contribution in [0.1, 0.15) is 36.0 Å². The topological polar surface area (TPSA) is 38.7 Å². The molecular formula is C21H23BrO3. The molecule has 1 atom stereocenters. The molecule has 0 aromatic heterocycles. The van der Waals surface area contributed by atoms with Crippen LogP contribution in [0.15, 0.2) is 46.9 Å². The molecule has 3 nitrogen and oxygen atoms in total. The van der Waals surface area contributed by atoms with Crippen LogP contribution in [0.25, 0.3) is 0 Å². The lowest BCUT2D eigenvalue weighted by molar-refractivity contribution is -0.125. The molecule has 1 spiro atoms. The number of fused-ring (bicyclic) bond motifs is 1. The molecule has 4 heteroatoms. The minimum absolute atomic E-state index is 0.180. The second kappa shape index (κ2) is 6.42. The van der Waals surface area contributed by atoms with Gasteiger partial charge in [0.2, 0.25) is 0 Å². The quantitative estimate of drug-likeness (QED) is 0.806. The zero-order valence-electron chi connectivity index (χ0n) is 14.4. The maximum absolute atomic E-state index is 12.2. The largest absolute Gasteiger partial charge is 0.497 e. The van der Waals surface area contributed by atoms with E-state index in [1.54, 1.807) is 7.11 Å². The summed E-state index contributed by atoms with van der Waals surface area (Å²) in [7, 11) is 1.69. The summed E-state index contributed by atoms with van der Waals surface area (Å²) in [4.78, 5) is 0. The average Bonchev–Trinajstić information content (AvgIpc) is 2.66. The predicted molar refractivity (Wildman–Crippen MR) is 101 cm³/mol. The predicted octanol–water partition coefficient (Wildman–Crippen LogP) is 4.44. The molecule has 1 fully saturated rings. The minimum atomic E-state index is -1.00. The van der Waals surface area contributed by atoms with Crippen LogP contribution in [0.3, 0.4) is 0 Å². The van der Waals surface area contributed by atoms with Crippen LogP contribution in [-0.2, 0) is 16.8 Å². The molecule has 1 unspecified atom stereocenters. The minimum Gasteiger partial charge on any atom is -0.497 e. The molecular weight excluding hydrogens is 380 g/mol. The molecule has 1 N–H and O–H groups in total. The van der Waals surface area contributed by atoms with E-state index in [4.69, 9.17) is 9.47 Å². The van der Waals surface area contributed by atoms with Gasteiger partial charge in [0.05, 0.1) is 7.11 Å². The summed E-state index contributed by atoms with van der Waals surface area (Å²) in [6.45, 7) is 1.43. The molecule has 0 bridgehead atoms. The molecule has 25 heavy (non-hydrogen) atoms. The first-order chi connectivity index (χ1) is 12.1. The van der Waals surface area contributed by atoms with E-state index in [9.17, 15) is 5.11 Å². The number of halogens is 1. The number of methoxy groups -OCH3 is 1. The third-order valence-corrected chi connectivity index (χ3v) is 6.58. The van der Waals surface area contributed by atoms with Crippen molar-refractivity contribution < 1.29 is 14.6 Å². The van der Waals surface area contributed by atoms with Crippen LogP contribution in [0.4, 0.5) is 0 Å². The van der Waals surface area contributed by atoms with E-state index in [2.05, 4.69) is 22.0 Å². The highest BCUT2D eigenvalue weighted by Crippen LogP contribution is 2.57. The molecule has 132 valence electrons. The Kier molecular flexibility index (Phi) is 4.38. The zero-order valence-corrected chi connectivity index (χ0v) is 16.0. The van der Waals surface area contributed by atoms with Gasteiger partial charge in [-0.15, -0.1) is 0 Å². The Hall–Kier alpha value is -1.36. The summed E-state index contributed by atoms with van der Waals surface area (Å²) >= 11 is 3.51. The molecule has 0 saturated carbocycles. The van der Waals surface area contributed by atoms with Crippen molar-refractivity contribution in [3.8, 4) is 5.75 Å². The summed E-state index contributed by atoms with van der Waals surface area (Å²) in [6.07, 6.45) is 3.69. The van der Waals surface area contributed by atoms with E-state index < -0.39 is 5.60 Å². The highest BCUT2D eigenvalue weighted by Gasteiger charge is 2.55. The van der Waals surface area contributed by atoms with Crippen molar-refractivity contribution in [3.05, 3.63) is 63.6 Å². The normalized spacial score (nSPS) is 24.8. The Morgan fingerprint density at radius 3 is 2.44 bits per heavy atom. The van der Waals surface area contributed by atoms with Gasteiger partial charge in [-0.1, -0.05) is 34.1 Å². The second-order valence-electron chi connectivity index (χ2n) is 7.13. The van der Waals surface area contributed by atoms with Crippen LogP contribution >= 0.6 is 15.9 Å². The Balaban J connectivity index is 1.92. The van der Waals surface area contributed by atoms with Crippen molar-refractivity contribution in [2.45, 2.75) is 31.3 Å². The lowest BCUT2D eigenvalue weighted by Crippen LogP contribution is -2.52. The molecule has 2 aromatic rings. The van der Waals surface area contributed by atoms with Crippen LogP contribution in [0.2, 0.25) is 0 Å². The van der Waals surface area contributed by atoms with Gasteiger partial charge in [0.15, 0.2) is 0 Å². The van der Waals surface area contributed by atoms with Crippen LogP contribution in [0, 0.1) is 5.41 Å². The maximum atomic E-state index is 12.2. The van der Waals surface area contributed by atoms with E-state index >= 15 is 0 Å². The van der Waals surface area contributed by atoms with Gasteiger partial charge in [0.1, 0.15) is 11.4 Å². The van der Waals surface area contributed by atoms with Gasteiger partial charge < -0.3 is 14.6 Å². The fourth-order valence-electron chi connectivity index (χ4n) is 4.62. The van der Waals surface area contributed by atoms with E-state index in [1.807, 2.05) is 36.4 Å². The molecule has 2 aromatic carbocycles. The van der Waals surface area contributed by atoms with Gasteiger partial charge in [-0.2, -0.15) is 0 Å². The average molecular weight is 403 g/mol. The van der Waals surface area contributed by atoms with Crippen molar-refractivity contribution in [2.24, 2.45) is 5.41 Å². The summed E-state index contributed by atoms with van der Waals surface area (Å²) in [6, 6.07) is 14.2. The molecule has 1 aliphatic heterocycles. The first-order valence-electron chi connectivity index (χ1n) is 8.83. The molecule has 1 heterocycles. The number of aryl methyl sites for hydroxylation is 1. The molecule has 2 aliphatic rings. The van der Waals surface area contributed by atoms with Crippen molar-refractivity contribution in [1.82, 2.24) is 0 Å². The third-order valence-electron chi connectivity index (χ3n) is 6.05. The molecule has 4 rings (SSSR count). The zero-order chi connectivity index (χ0) is 17.5. The molecule has 0 amide bonds. The lowest BCUT2D eigenvalue weighted by atomic mass is 9.55. The van der Waals surface area contributed by atoms with Gasteiger partial charge >= 0.3 is 0 Å². The number of benzene rings is 2. The smallest absolute Gasteiger partial charge is 0.121 e. The number of hydrogen-bond donors (Lipinski definition) is 1. The summed E-state index contributed by atoms with van der Waals surface area (Å²) in [5.41, 5.74) is 1.98. The lowest BCUT2D eigenvalue weighted by Gasteiger charge is -2.53. The molecule has 0 radical (unpaired) electrons. The van der Waals surface area contributed by atoms with Crippen LogP contribution in [0.5, 0.6) is 5.75 Å². The van der Waals surface area contributed by atoms with Gasteiger partial charge in [0.25, 0.3) is 0 Å². The highest BCUT2D eigenvalue weighted by atomic mass is 79.9. The van der Waals surface area contributed by atoms with Gasteiger partial charge in [-0.3, -0.25) is 0 Å². The molecule has 1 saturated heterocycles. The van der Waals surface area contributed by atoms with Crippen molar-refractivity contribution in [2.75, 3.05) is 20.3 Å². The highest BCUT2D eigenvalue weighted by molar-refractivity contribution is 9.10. The number of ether oxygens (including phenoxy) is 2. The number of rotatable bonds is 2. The second-order valence-corrected chi connectivity index (χ2v) is 8.05. The van der Waals surface area contributed by atoms with Gasteiger partial charge in [0, 0.05) is 23.1 Å². The summed E-state index contributed by atoms with van der Waals surface area (Å²) in [5.74, 6) is 0.847. The van der Waals surface area contributed by atoms with Gasteiger partial charge in [-0.05, 0) is 66.6 Å². The van der Waals surface area contributed by atoms with E-state index in [-0.39, 0.29) is 5.41 Å². The van der Waals surface area contributed by atoms with E-state index in [0.29, 0.717) is 13.2 Å². The Morgan fingerprint density at radius 2 is 1.76 bits per heavy atom. The molecule has 1 aliphatic carbocycles. The van der Waals surface area contributed by atoms with E-state index in [0.717, 1.165) is 47.0 Å². The Morgan fingerprint density at radius 1 is 1.04 bits per heavy atom. The van der Waals surface area contributed by atoms with Crippen molar-refractivity contribution in [3.63, 3.8) is 0 Å². The summed E-state index contributed by atoms with van der Waals surface area (Å²) in [5, 5.41) is 12.2. The van der Waals surface area contributed by atoms with Crippen LogP contribution < -0.4 is 4.74 Å². The fourth-order valence-corrected chi connectivity index (χ4v) is 4.89. The number of hydrogen-bond acceptors (Lipinski definition) is 3. The Labute approximate surface area is 157 Å². The first kappa shape index (κ1) is 17.1. The standard InChI is InChI=1S/C21H23BrO3/c1-24-18-6-7-19-15(14-18)8-9-20(10-12-25-13-11-20)21(19,23)16-2-4-17(22)5-3-16/h2-7,14,23H,8-13H2,1H3. The van der Waals surface area contributed by atoms with E-state index in [1.165, 1.54) is 5.56 Å². The summed E-state index contributed by atoms with van der Waals surface area (Å²) < 4.78 is 12.1.